The average molecular weight is 230 g/mol. The number of hydrogen-bond acceptors (Lipinski definition) is 3. The van der Waals surface area contributed by atoms with Crippen molar-refractivity contribution in [2.75, 3.05) is 12.3 Å². The number of imidazole rings is 1. The highest BCUT2D eigenvalue weighted by atomic mass is 16.1. The first kappa shape index (κ1) is 11.2. The Morgan fingerprint density at radius 3 is 2.94 bits per heavy atom. The maximum atomic E-state index is 11.6. The van der Waals surface area contributed by atoms with E-state index >= 15 is 0 Å². The van der Waals surface area contributed by atoms with Gasteiger partial charge in [-0.1, -0.05) is 0 Å². The molecule has 0 fully saturated rings. The minimum absolute atomic E-state index is 0.114. The lowest BCUT2D eigenvalue weighted by Gasteiger charge is -2.08. The van der Waals surface area contributed by atoms with Crippen LogP contribution in [0.4, 0.5) is 5.69 Å². The summed E-state index contributed by atoms with van der Waals surface area (Å²) in [4.78, 5) is 15.6. The zero-order valence-corrected chi connectivity index (χ0v) is 9.55. The molecule has 1 aromatic heterocycles. The number of carbonyl (C=O) groups excluding carboxylic acids is 1. The Morgan fingerprint density at radius 1 is 1.53 bits per heavy atom. The average Bonchev–Trinajstić information content (AvgIpc) is 2.82. The van der Waals surface area contributed by atoms with Crippen molar-refractivity contribution in [1.82, 2.24) is 14.9 Å². The Labute approximate surface area is 99.3 Å². The van der Waals surface area contributed by atoms with E-state index in [1.165, 1.54) is 0 Å². The lowest BCUT2D eigenvalue weighted by Crippen LogP contribution is -2.22. The zero-order chi connectivity index (χ0) is 12.3. The summed E-state index contributed by atoms with van der Waals surface area (Å²) in [5.41, 5.74) is 7.84. The predicted molar refractivity (Wildman–Crippen MR) is 66.0 cm³/mol. The van der Waals surface area contributed by atoms with Gasteiger partial charge in [-0.3, -0.25) is 4.79 Å². The van der Waals surface area contributed by atoms with Crippen molar-refractivity contribution in [3.63, 3.8) is 0 Å². The fraction of sp³-hybridized carbons (Fsp3) is 0.167. The third-order valence-electron chi connectivity index (χ3n) is 2.41. The van der Waals surface area contributed by atoms with Crippen molar-refractivity contribution in [2.45, 2.75) is 6.92 Å². The molecule has 0 saturated heterocycles. The highest BCUT2D eigenvalue weighted by Gasteiger charge is 2.07. The molecule has 0 bridgehead atoms. The Morgan fingerprint density at radius 2 is 2.35 bits per heavy atom. The minimum Gasteiger partial charge on any atom is -0.397 e. The maximum absolute atomic E-state index is 11.6. The molecule has 5 heteroatoms. The number of nitrogens with two attached hydrogens (primary N) is 1. The number of carbonyl (C=O) groups is 1. The van der Waals surface area contributed by atoms with Crippen LogP contribution in [0.15, 0.2) is 36.9 Å². The molecular formula is C12H14N4O. The molecule has 17 heavy (non-hydrogen) atoms. The smallest absolute Gasteiger partial charge is 0.251 e. The second-order valence-electron chi connectivity index (χ2n) is 3.60. The SMILES string of the molecule is CCNC(=O)c1ccc(-n2ccnc2)c(N)c1. The summed E-state index contributed by atoms with van der Waals surface area (Å²) in [5.74, 6) is -0.114. The van der Waals surface area contributed by atoms with Gasteiger partial charge in [0.25, 0.3) is 5.91 Å². The molecule has 1 aromatic carbocycles. The predicted octanol–water partition coefficient (Wildman–Crippen LogP) is 1.20. The van der Waals surface area contributed by atoms with Gasteiger partial charge in [-0.15, -0.1) is 0 Å². The molecule has 2 aromatic rings. The fourth-order valence-electron chi connectivity index (χ4n) is 1.60. The molecule has 5 nitrogen and oxygen atoms in total. The summed E-state index contributed by atoms with van der Waals surface area (Å²) >= 11 is 0. The lowest BCUT2D eigenvalue weighted by atomic mass is 10.1. The van der Waals surface area contributed by atoms with Gasteiger partial charge >= 0.3 is 0 Å². The summed E-state index contributed by atoms with van der Waals surface area (Å²) in [6, 6.07) is 5.22. The van der Waals surface area contributed by atoms with Gasteiger partial charge in [0, 0.05) is 24.5 Å². The topological polar surface area (TPSA) is 72.9 Å². The van der Waals surface area contributed by atoms with Crippen LogP contribution in [0, 0.1) is 0 Å². The number of anilines is 1. The normalized spacial score (nSPS) is 10.2. The second-order valence-corrected chi connectivity index (χ2v) is 3.60. The number of hydrogen-bond donors (Lipinski definition) is 2. The van der Waals surface area contributed by atoms with Crippen LogP contribution < -0.4 is 11.1 Å². The number of nitrogens with zero attached hydrogens (tertiary/aromatic N) is 2. The molecule has 0 spiro atoms. The van der Waals surface area contributed by atoms with Crippen LogP contribution in [0.25, 0.3) is 5.69 Å². The second kappa shape index (κ2) is 4.69. The van der Waals surface area contributed by atoms with E-state index in [0.717, 1.165) is 5.69 Å². The molecule has 1 heterocycles. The van der Waals surface area contributed by atoms with E-state index in [-0.39, 0.29) is 5.91 Å². The Hall–Kier alpha value is -2.30. The van der Waals surface area contributed by atoms with Crippen molar-refractivity contribution in [1.29, 1.82) is 0 Å². The molecule has 88 valence electrons. The molecule has 0 radical (unpaired) electrons. The van der Waals surface area contributed by atoms with E-state index in [4.69, 9.17) is 5.73 Å². The summed E-state index contributed by atoms with van der Waals surface area (Å²) in [5, 5.41) is 2.73. The molecule has 3 N–H and O–H groups in total. The van der Waals surface area contributed by atoms with E-state index < -0.39 is 0 Å². The summed E-state index contributed by atoms with van der Waals surface area (Å²) in [6.07, 6.45) is 5.14. The van der Waals surface area contributed by atoms with E-state index in [1.54, 1.807) is 35.4 Å². The summed E-state index contributed by atoms with van der Waals surface area (Å²) < 4.78 is 1.80. The lowest BCUT2D eigenvalue weighted by molar-refractivity contribution is 0.0956. The standard InChI is InChI=1S/C12H14N4O/c1-2-15-12(17)9-3-4-11(10(13)7-9)16-6-5-14-8-16/h3-8H,2,13H2,1H3,(H,15,17). The van der Waals surface area contributed by atoms with Crippen molar-refractivity contribution in [2.24, 2.45) is 0 Å². The van der Waals surface area contributed by atoms with E-state index in [9.17, 15) is 4.79 Å². The number of rotatable bonds is 3. The molecule has 1 amide bonds. The molecule has 0 unspecified atom stereocenters. The molecular weight excluding hydrogens is 216 g/mol. The number of benzene rings is 1. The van der Waals surface area contributed by atoms with Crippen LogP contribution in [0.5, 0.6) is 0 Å². The van der Waals surface area contributed by atoms with Gasteiger partial charge in [0.05, 0.1) is 17.7 Å². The molecule has 2 rings (SSSR count). The minimum atomic E-state index is -0.114. The van der Waals surface area contributed by atoms with Crippen molar-refractivity contribution < 1.29 is 4.79 Å². The summed E-state index contributed by atoms with van der Waals surface area (Å²) in [7, 11) is 0. The molecule has 0 aliphatic rings. The quantitative estimate of drug-likeness (QED) is 0.778. The van der Waals surface area contributed by atoms with Crippen molar-refractivity contribution >= 4 is 11.6 Å². The first-order chi connectivity index (χ1) is 8.22. The fourth-order valence-corrected chi connectivity index (χ4v) is 1.60. The Balaban J connectivity index is 2.32. The van der Waals surface area contributed by atoms with Gasteiger partial charge in [-0.05, 0) is 25.1 Å². The van der Waals surface area contributed by atoms with Crippen LogP contribution in [0.3, 0.4) is 0 Å². The van der Waals surface area contributed by atoms with Crippen molar-refractivity contribution in [3.05, 3.63) is 42.5 Å². The number of aromatic nitrogens is 2. The first-order valence-corrected chi connectivity index (χ1v) is 5.38. The monoisotopic (exact) mass is 230 g/mol. The van der Waals surface area contributed by atoms with E-state index in [2.05, 4.69) is 10.3 Å². The Bertz CT molecular complexity index is 519. The number of nitrogens with one attached hydrogen (secondary N) is 1. The zero-order valence-electron chi connectivity index (χ0n) is 9.55. The molecule has 0 aliphatic carbocycles. The van der Waals surface area contributed by atoms with Gasteiger partial charge in [0.2, 0.25) is 0 Å². The van der Waals surface area contributed by atoms with Crippen LogP contribution >= 0.6 is 0 Å². The third kappa shape index (κ3) is 2.28. The number of nitrogen functional groups attached to an aromatic ring is 1. The van der Waals surface area contributed by atoms with Crippen LogP contribution in [-0.4, -0.2) is 22.0 Å². The van der Waals surface area contributed by atoms with Gasteiger partial charge in [-0.2, -0.15) is 0 Å². The highest BCUT2D eigenvalue weighted by Crippen LogP contribution is 2.18. The first-order valence-electron chi connectivity index (χ1n) is 5.38. The van der Waals surface area contributed by atoms with E-state index in [1.807, 2.05) is 13.0 Å². The largest absolute Gasteiger partial charge is 0.397 e. The van der Waals surface area contributed by atoms with Crippen LogP contribution in [0.1, 0.15) is 17.3 Å². The Kier molecular flexibility index (Phi) is 3.09. The van der Waals surface area contributed by atoms with Gasteiger partial charge in [0.1, 0.15) is 0 Å². The highest BCUT2D eigenvalue weighted by molar-refractivity contribution is 5.95. The summed E-state index contributed by atoms with van der Waals surface area (Å²) in [6.45, 7) is 2.48. The van der Waals surface area contributed by atoms with Crippen LogP contribution in [-0.2, 0) is 0 Å². The number of amides is 1. The van der Waals surface area contributed by atoms with E-state index in [0.29, 0.717) is 17.8 Å². The van der Waals surface area contributed by atoms with Crippen molar-refractivity contribution in [3.8, 4) is 5.69 Å². The third-order valence-corrected chi connectivity index (χ3v) is 2.41. The molecule has 0 atom stereocenters. The van der Waals surface area contributed by atoms with Gasteiger partial charge in [-0.25, -0.2) is 4.98 Å². The molecule has 0 saturated carbocycles. The molecule has 0 aliphatic heterocycles. The van der Waals surface area contributed by atoms with Gasteiger partial charge < -0.3 is 15.6 Å². The van der Waals surface area contributed by atoms with Crippen LogP contribution in [0.2, 0.25) is 0 Å². The maximum Gasteiger partial charge on any atom is 0.251 e. The van der Waals surface area contributed by atoms with Gasteiger partial charge in [0.15, 0.2) is 0 Å².